The molecule has 4 nitrogen and oxygen atoms in total. The van der Waals surface area contributed by atoms with Gasteiger partial charge in [0.05, 0.1) is 12.1 Å². The van der Waals surface area contributed by atoms with Crippen LogP contribution in [0.3, 0.4) is 0 Å². The topological polar surface area (TPSA) is 66.8 Å². The van der Waals surface area contributed by atoms with E-state index in [4.69, 9.17) is 33.0 Å². The van der Waals surface area contributed by atoms with Gasteiger partial charge in [-0.1, -0.05) is 23.2 Å². The van der Waals surface area contributed by atoms with Gasteiger partial charge in [0.2, 0.25) is 0 Å². The quantitative estimate of drug-likeness (QED) is 0.873. The van der Waals surface area contributed by atoms with E-state index < -0.39 is 12.1 Å². The van der Waals surface area contributed by atoms with Crippen LogP contribution in [0.25, 0.3) is 0 Å². The highest BCUT2D eigenvalue weighted by Gasteiger charge is 2.18. The normalized spacial score (nSPS) is 12.2. The van der Waals surface area contributed by atoms with E-state index >= 15 is 0 Å². The smallest absolute Gasteiger partial charge is 0.332 e. The molecule has 0 bridgehead atoms. The number of hydrogen-bond donors (Lipinski definition) is 2. The third kappa shape index (κ3) is 3.01. The summed E-state index contributed by atoms with van der Waals surface area (Å²) in [6.07, 6.45) is -1.62. The summed E-state index contributed by atoms with van der Waals surface area (Å²) < 4.78 is 5.02. The minimum atomic E-state index is -1.51. The van der Waals surface area contributed by atoms with Crippen LogP contribution in [-0.2, 0) is 11.2 Å². The summed E-state index contributed by atoms with van der Waals surface area (Å²) >= 11 is 11.6. The number of carbonyl (C=O) groups is 1. The molecule has 1 unspecified atom stereocenters. The minimum Gasteiger partial charge on any atom is -0.495 e. The Kier molecular flexibility index (Phi) is 4.41. The summed E-state index contributed by atoms with van der Waals surface area (Å²) in [6.45, 7) is 0. The van der Waals surface area contributed by atoms with Gasteiger partial charge in [-0.25, -0.2) is 4.79 Å². The molecule has 16 heavy (non-hydrogen) atoms. The van der Waals surface area contributed by atoms with Crippen LogP contribution >= 0.6 is 23.2 Å². The van der Waals surface area contributed by atoms with Crippen molar-refractivity contribution in [1.29, 1.82) is 0 Å². The molecule has 0 saturated heterocycles. The number of aliphatic hydroxyl groups is 1. The number of aliphatic carboxylic acids is 1. The van der Waals surface area contributed by atoms with E-state index in [2.05, 4.69) is 0 Å². The molecule has 0 saturated carbocycles. The second kappa shape index (κ2) is 5.39. The van der Waals surface area contributed by atoms with Gasteiger partial charge in [0.25, 0.3) is 0 Å². The lowest BCUT2D eigenvalue weighted by Gasteiger charge is -2.12. The van der Waals surface area contributed by atoms with Crippen molar-refractivity contribution in [3.8, 4) is 5.75 Å². The molecule has 1 aromatic carbocycles. The Labute approximate surface area is 102 Å². The standard InChI is InChI=1S/C10H10Cl2O4/c1-16-9-5(3-8(13)10(14)15)2-6(11)4-7(9)12/h2,4,8,13H,3H2,1H3,(H,14,15). The summed E-state index contributed by atoms with van der Waals surface area (Å²) in [6, 6.07) is 3.00. The van der Waals surface area contributed by atoms with Crippen LogP contribution in [0.5, 0.6) is 5.75 Å². The minimum absolute atomic E-state index is 0.112. The second-order valence-electron chi connectivity index (χ2n) is 3.14. The highest BCUT2D eigenvalue weighted by atomic mass is 35.5. The van der Waals surface area contributed by atoms with Gasteiger partial charge in [-0.2, -0.15) is 0 Å². The first kappa shape index (κ1) is 13.1. The number of carboxylic acids is 1. The zero-order chi connectivity index (χ0) is 12.3. The van der Waals surface area contributed by atoms with Gasteiger partial charge in [-0.15, -0.1) is 0 Å². The maximum absolute atomic E-state index is 10.5. The lowest BCUT2D eigenvalue weighted by atomic mass is 10.1. The molecule has 1 aromatic rings. The highest BCUT2D eigenvalue weighted by molar-refractivity contribution is 6.35. The number of rotatable bonds is 4. The Morgan fingerprint density at radius 2 is 2.12 bits per heavy atom. The maximum atomic E-state index is 10.5. The molecule has 0 spiro atoms. The summed E-state index contributed by atoms with van der Waals surface area (Å²) in [7, 11) is 1.41. The maximum Gasteiger partial charge on any atom is 0.332 e. The van der Waals surface area contributed by atoms with E-state index in [-0.39, 0.29) is 11.4 Å². The number of aliphatic hydroxyl groups excluding tert-OH is 1. The number of benzene rings is 1. The SMILES string of the molecule is COc1c(Cl)cc(Cl)cc1CC(O)C(=O)O. The molecular weight excluding hydrogens is 255 g/mol. The molecule has 0 radical (unpaired) electrons. The molecule has 2 N–H and O–H groups in total. The Bertz CT molecular complexity index is 406. The zero-order valence-corrected chi connectivity index (χ0v) is 9.92. The third-order valence-corrected chi connectivity index (χ3v) is 2.49. The van der Waals surface area contributed by atoms with Gasteiger partial charge in [0.1, 0.15) is 5.75 Å². The molecule has 1 rings (SSSR count). The molecule has 0 heterocycles. The molecule has 0 aliphatic rings. The lowest BCUT2D eigenvalue weighted by Crippen LogP contribution is -2.22. The zero-order valence-electron chi connectivity index (χ0n) is 8.41. The summed E-state index contributed by atoms with van der Waals surface area (Å²) in [5, 5.41) is 18.5. The Morgan fingerprint density at radius 1 is 1.50 bits per heavy atom. The van der Waals surface area contributed by atoms with Gasteiger partial charge < -0.3 is 14.9 Å². The summed E-state index contributed by atoms with van der Waals surface area (Å²) in [5.74, 6) is -0.982. The molecule has 1 atom stereocenters. The number of methoxy groups -OCH3 is 1. The Balaban J connectivity index is 3.07. The van der Waals surface area contributed by atoms with E-state index in [1.54, 1.807) is 0 Å². The number of hydrogen-bond acceptors (Lipinski definition) is 3. The predicted molar refractivity (Wildman–Crippen MR) is 60.4 cm³/mol. The molecular formula is C10H10Cl2O4. The Morgan fingerprint density at radius 3 is 2.62 bits per heavy atom. The van der Waals surface area contributed by atoms with E-state index in [1.165, 1.54) is 19.2 Å². The van der Waals surface area contributed by atoms with Crippen LogP contribution in [0.15, 0.2) is 12.1 Å². The van der Waals surface area contributed by atoms with Crippen LogP contribution in [0.2, 0.25) is 10.0 Å². The van der Waals surface area contributed by atoms with Crippen molar-refractivity contribution >= 4 is 29.2 Å². The number of ether oxygens (including phenoxy) is 1. The number of carboxylic acid groups (broad SMARTS) is 1. The van der Waals surface area contributed by atoms with Crippen LogP contribution in [0.4, 0.5) is 0 Å². The lowest BCUT2D eigenvalue weighted by molar-refractivity contribution is -0.146. The molecule has 6 heteroatoms. The average Bonchev–Trinajstić information content (AvgIpc) is 2.16. The van der Waals surface area contributed by atoms with Crippen LogP contribution in [-0.4, -0.2) is 29.4 Å². The summed E-state index contributed by atoms with van der Waals surface area (Å²) in [4.78, 5) is 10.5. The summed E-state index contributed by atoms with van der Waals surface area (Å²) in [5.41, 5.74) is 0.454. The number of halogens is 2. The first-order valence-corrected chi connectivity index (χ1v) is 5.14. The molecule has 0 fully saturated rings. The molecule has 0 aromatic heterocycles. The van der Waals surface area contributed by atoms with Crippen LogP contribution in [0.1, 0.15) is 5.56 Å². The van der Waals surface area contributed by atoms with Gasteiger partial charge in [0.15, 0.2) is 6.10 Å². The van der Waals surface area contributed by atoms with E-state index in [1.807, 2.05) is 0 Å². The van der Waals surface area contributed by atoms with Gasteiger partial charge >= 0.3 is 5.97 Å². The molecule has 0 aliphatic carbocycles. The monoisotopic (exact) mass is 264 g/mol. The van der Waals surface area contributed by atoms with Gasteiger partial charge in [-0.3, -0.25) is 0 Å². The van der Waals surface area contributed by atoms with Gasteiger partial charge in [0, 0.05) is 17.0 Å². The average molecular weight is 265 g/mol. The fourth-order valence-corrected chi connectivity index (χ4v) is 1.90. The van der Waals surface area contributed by atoms with Crippen molar-refractivity contribution < 1.29 is 19.7 Å². The Hall–Kier alpha value is -0.970. The fraction of sp³-hybridized carbons (Fsp3) is 0.300. The predicted octanol–water partition coefficient (Wildman–Crippen LogP) is 1.99. The van der Waals surface area contributed by atoms with E-state index in [9.17, 15) is 9.90 Å². The molecule has 88 valence electrons. The fourth-order valence-electron chi connectivity index (χ4n) is 1.29. The van der Waals surface area contributed by atoms with Crippen molar-refractivity contribution in [2.24, 2.45) is 0 Å². The first-order valence-electron chi connectivity index (χ1n) is 4.38. The largest absolute Gasteiger partial charge is 0.495 e. The van der Waals surface area contributed by atoms with E-state index in [0.29, 0.717) is 16.3 Å². The van der Waals surface area contributed by atoms with Crippen molar-refractivity contribution in [2.75, 3.05) is 7.11 Å². The van der Waals surface area contributed by atoms with Gasteiger partial charge in [-0.05, 0) is 12.1 Å². The first-order chi connectivity index (χ1) is 7.45. The van der Waals surface area contributed by atoms with Crippen molar-refractivity contribution in [3.05, 3.63) is 27.7 Å². The van der Waals surface area contributed by atoms with E-state index in [0.717, 1.165) is 0 Å². The van der Waals surface area contributed by atoms with Crippen molar-refractivity contribution in [3.63, 3.8) is 0 Å². The van der Waals surface area contributed by atoms with Crippen molar-refractivity contribution in [2.45, 2.75) is 12.5 Å². The molecule has 0 aliphatic heterocycles. The van der Waals surface area contributed by atoms with Crippen LogP contribution < -0.4 is 4.74 Å². The van der Waals surface area contributed by atoms with Crippen molar-refractivity contribution in [1.82, 2.24) is 0 Å². The molecule has 0 amide bonds. The highest BCUT2D eigenvalue weighted by Crippen LogP contribution is 2.32. The third-order valence-electron chi connectivity index (χ3n) is 1.99. The van der Waals surface area contributed by atoms with Crippen LogP contribution in [0, 0.1) is 0 Å². The second-order valence-corrected chi connectivity index (χ2v) is 3.98.